The first kappa shape index (κ1) is 13.4. The van der Waals surface area contributed by atoms with Gasteiger partial charge in [-0.3, -0.25) is 4.31 Å². The van der Waals surface area contributed by atoms with Crippen molar-refractivity contribution in [2.45, 2.75) is 37.6 Å². The van der Waals surface area contributed by atoms with E-state index >= 15 is 0 Å². The molecule has 6 heteroatoms. The molecule has 104 valence electrons. The fourth-order valence-electron chi connectivity index (χ4n) is 3.05. The van der Waals surface area contributed by atoms with Gasteiger partial charge in [0.15, 0.2) is 0 Å². The molecule has 1 N–H and O–H groups in total. The van der Waals surface area contributed by atoms with Crippen LogP contribution >= 0.6 is 15.9 Å². The van der Waals surface area contributed by atoms with Gasteiger partial charge in [-0.15, -0.1) is 0 Å². The fraction of sp³-hybridized carbons (Fsp3) is 0.538. The van der Waals surface area contributed by atoms with E-state index in [0.717, 1.165) is 35.8 Å². The molecule has 1 saturated carbocycles. The van der Waals surface area contributed by atoms with E-state index in [0.29, 0.717) is 6.54 Å². The molecule has 0 amide bonds. The van der Waals surface area contributed by atoms with Gasteiger partial charge in [0.2, 0.25) is 0 Å². The van der Waals surface area contributed by atoms with Crippen LogP contribution in [0.15, 0.2) is 28.7 Å². The Hall–Kier alpha value is -0.590. The highest BCUT2D eigenvalue weighted by atomic mass is 79.9. The third-order valence-electron chi connectivity index (χ3n) is 4.01. The second-order valence-corrected chi connectivity index (χ2v) is 7.94. The average Bonchev–Trinajstić information content (AvgIpc) is 2.62. The SMILES string of the molecule is O=S1(=O)NC2(CCCCC2)CN1c1ccc(Br)cc1. The van der Waals surface area contributed by atoms with Gasteiger partial charge in [-0.05, 0) is 37.1 Å². The Balaban J connectivity index is 1.91. The van der Waals surface area contributed by atoms with Crippen molar-refractivity contribution in [2.24, 2.45) is 0 Å². The predicted octanol–water partition coefficient (Wildman–Crippen LogP) is 2.81. The molecule has 0 atom stereocenters. The topological polar surface area (TPSA) is 49.4 Å². The lowest BCUT2D eigenvalue weighted by Gasteiger charge is -2.31. The first-order chi connectivity index (χ1) is 9.01. The van der Waals surface area contributed by atoms with Gasteiger partial charge >= 0.3 is 10.2 Å². The van der Waals surface area contributed by atoms with Gasteiger partial charge < -0.3 is 0 Å². The number of hydrogen-bond acceptors (Lipinski definition) is 2. The molecule has 2 aliphatic rings. The molecule has 1 aliphatic carbocycles. The number of halogens is 1. The van der Waals surface area contributed by atoms with Crippen molar-refractivity contribution in [1.82, 2.24) is 4.72 Å². The summed E-state index contributed by atoms with van der Waals surface area (Å²) in [6, 6.07) is 7.42. The molecule has 0 aromatic heterocycles. The van der Waals surface area contributed by atoms with E-state index in [1.165, 1.54) is 10.7 Å². The smallest absolute Gasteiger partial charge is 0.256 e. The van der Waals surface area contributed by atoms with Crippen molar-refractivity contribution in [2.75, 3.05) is 10.8 Å². The summed E-state index contributed by atoms with van der Waals surface area (Å²) in [4.78, 5) is 0. The van der Waals surface area contributed by atoms with Gasteiger partial charge in [-0.2, -0.15) is 13.1 Å². The van der Waals surface area contributed by atoms with E-state index in [9.17, 15) is 8.42 Å². The lowest BCUT2D eigenvalue weighted by atomic mass is 9.82. The van der Waals surface area contributed by atoms with Crippen LogP contribution in [0.25, 0.3) is 0 Å². The van der Waals surface area contributed by atoms with E-state index in [-0.39, 0.29) is 5.54 Å². The Morgan fingerprint density at radius 2 is 1.74 bits per heavy atom. The number of nitrogens with one attached hydrogen (secondary N) is 1. The normalized spacial score (nSPS) is 24.8. The summed E-state index contributed by atoms with van der Waals surface area (Å²) in [7, 11) is -3.39. The van der Waals surface area contributed by atoms with Crippen molar-refractivity contribution in [3.8, 4) is 0 Å². The van der Waals surface area contributed by atoms with Crippen LogP contribution in [0.4, 0.5) is 5.69 Å². The number of benzene rings is 1. The minimum absolute atomic E-state index is 0.246. The van der Waals surface area contributed by atoms with Gasteiger partial charge in [0.05, 0.1) is 17.8 Å². The molecular formula is C13H17BrN2O2S. The Bertz CT molecular complexity index is 565. The van der Waals surface area contributed by atoms with E-state index in [4.69, 9.17) is 0 Å². The second-order valence-electron chi connectivity index (χ2n) is 5.43. The third kappa shape index (κ3) is 2.53. The van der Waals surface area contributed by atoms with Crippen LogP contribution in [0.3, 0.4) is 0 Å². The summed E-state index contributed by atoms with van der Waals surface area (Å²) in [6.45, 7) is 0.553. The average molecular weight is 345 g/mol. The van der Waals surface area contributed by atoms with E-state index < -0.39 is 10.2 Å². The Labute approximate surface area is 122 Å². The lowest BCUT2D eigenvalue weighted by Crippen LogP contribution is -2.45. The number of nitrogens with zero attached hydrogens (tertiary/aromatic N) is 1. The van der Waals surface area contributed by atoms with Gasteiger partial charge in [-0.25, -0.2) is 0 Å². The number of hydrogen-bond donors (Lipinski definition) is 1. The van der Waals surface area contributed by atoms with Crippen LogP contribution in [0.1, 0.15) is 32.1 Å². The predicted molar refractivity (Wildman–Crippen MR) is 79.4 cm³/mol. The zero-order valence-corrected chi connectivity index (χ0v) is 13.0. The molecule has 1 heterocycles. The molecule has 19 heavy (non-hydrogen) atoms. The summed E-state index contributed by atoms with van der Waals surface area (Å²) in [6.07, 6.45) is 5.31. The maximum atomic E-state index is 12.3. The molecule has 0 radical (unpaired) electrons. The molecule has 4 nitrogen and oxygen atoms in total. The van der Waals surface area contributed by atoms with Gasteiger partial charge in [0.1, 0.15) is 0 Å². The Kier molecular flexibility index (Phi) is 3.35. The van der Waals surface area contributed by atoms with E-state index in [1.807, 2.05) is 24.3 Å². The molecule has 1 saturated heterocycles. The van der Waals surface area contributed by atoms with Gasteiger partial charge in [-0.1, -0.05) is 35.2 Å². The van der Waals surface area contributed by atoms with Gasteiger partial charge in [0, 0.05) is 4.47 Å². The maximum Gasteiger partial charge on any atom is 0.302 e. The first-order valence-electron chi connectivity index (χ1n) is 6.58. The zero-order chi connectivity index (χ0) is 13.5. The highest BCUT2D eigenvalue weighted by Crippen LogP contribution is 2.36. The Morgan fingerprint density at radius 3 is 2.37 bits per heavy atom. The summed E-state index contributed by atoms with van der Waals surface area (Å²) < 4.78 is 30.0. The summed E-state index contributed by atoms with van der Waals surface area (Å²) in [5.74, 6) is 0. The minimum atomic E-state index is -3.39. The maximum absolute atomic E-state index is 12.3. The molecule has 2 fully saturated rings. The molecular weight excluding hydrogens is 328 g/mol. The first-order valence-corrected chi connectivity index (χ1v) is 8.81. The molecule has 1 aromatic rings. The van der Waals surface area contributed by atoms with Gasteiger partial charge in [0.25, 0.3) is 0 Å². The van der Waals surface area contributed by atoms with Crippen LogP contribution in [0.2, 0.25) is 0 Å². The van der Waals surface area contributed by atoms with Crippen LogP contribution in [0, 0.1) is 0 Å². The molecule has 1 aliphatic heterocycles. The zero-order valence-electron chi connectivity index (χ0n) is 10.6. The molecule has 1 spiro atoms. The van der Waals surface area contributed by atoms with Crippen molar-refractivity contribution >= 4 is 31.8 Å². The molecule has 1 aromatic carbocycles. The number of rotatable bonds is 1. The second kappa shape index (κ2) is 4.75. The van der Waals surface area contributed by atoms with E-state index in [2.05, 4.69) is 20.7 Å². The standard InChI is InChI=1S/C13H17BrN2O2S/c14-11-4-6-12(7-5-11)16-10-13(15-19(16,17)18)8-2-1-3-9-13/h4-7,15H,1-3,8-10H2. The van der Waals surface area contributed by atoms with Crippen LogP contribution in [-0.2, 0) is 10.2 Å². The van der Waals surface area contributed by atoms with Crippen molar-refractivity contribution in [3.63, 3.8) is 0 Å². The molecule has 3 rings (SSSR count). The molecule has 0 bridgehead atoms. The van der Waals surface area contributed by atoms with E-state index in [1.54, 1.807) is 0 Å². The molecule has 0 unspecified atom stereocenters. The van der Waals surface area contributed by atoms with Crippen molar-refractivity contribution in [3.05, 3.63) is 28.7 Å². The minimum Gasteiger partial charge on any atom is -0.256 e. The quantitative estimate of drug-likeness (QED) is 0.851. The monoisotopic (exact) mass is 344 g/mol. The summed E-state index contributed by atoms with van der Waals surface area (Å²) >= 11 is 3.37. The summed E-state index contributed by atoms with van der Waals surface area (Å²) in [5, 5.41) is 0. The lowest BCUT2D eigenvalue weighted by molar-refractivity contribution is 0.294. The fourth-order valence-corrected chi connectivity index (χ4v) is 5.05. The summed E-state index contributed by atoms with van der Waals surface area (Å²) in [5.41, 5.74) is 0.489. The van der Waals surface area contributed by atoms with Crippen LogP contribution in [0.5, 0.6) is 0 Å². The van der Waals surface area contributed by atoms with Crippen LogP contribution < -0.4 is 9.03 Å². The number of anilines is 1. The highest BCUT2D eigenvalue weighted by Gasteiger charge is 2.47. The van der Waals surface area contributed by atoms with Crippen LogP contribution in [-0.4, -0.2) is 20.5 Å². The van der Waals surface area contributed by atoms with Crippen molar-refractivity contribution < 1.29 is 8.42 Å². The Morgan fingerprint density at radius 1 is 1.11 bits per heavy atom. The van der Waals surface area contributed by atoms with Crippen molar-refractivity contribution in [1.29, 1.82) is 0 Å². The third-order valence-corrected chi connectivity index (χ3v) is 6.15. The highest BCUT2D eigenvalue weighted by molar-refractivity contribution is 9.10. The largest absolute Gasteiger partial charge is 0.302 e.